The number of hydrogen-bond acceptors (Lipinski definition) is 4. The van der Waals surface area contributed by atoms with E-state index < -0.39 is 22.5 Å². The van der Waals surface area contributed by atoms with Crippen LogP contribution in [0.2, 0.25) is 0 Å². The Morgan fingerprint density at radius 3 is 2.60 bits per heavy atom. The normalized spacial score (nSPS) is 15.0. The monoisotopic (exact) mass is 294 g/mol. The van der Waals surface area contributed by atoms with E-state index in [1.807, 2.05) is 6.07 Å². The van der Waals surface area contributed by atoms with Gasteiger partial charge in [0.1, 0.15) is 12.6 Å². The van der Waals surface area contributed by atoms with E-state index >= 15 is 0 Å². The first kappa shape index (κ1) is 14.5. The first-order valence-electron chi connectivity index (χ1n) is 6.16. The Morgan fingerprint density at radius 1 is 1.40 bits per heavy atom. The molecule has 1 saturated carbocycles. The lowest BCUT2D eigenvalue weighted by Gasteiger charge is -2.20. The van der Waals surface area contributed by atoms with Crippen LogP contribution in [0.4, 0.5) is 0 Å². The molecule has 0 aromatic heterocycles. The number of carboxylic acid groups (broad SMARTS) is 1. The molecule has 1 N–H and O–H groups in total. The molecular weight excluding hydrogens is 280 g/mol. The van der Waals surface area contributed by atoms with Crippen molar-refractivity contribution < 1.29 is 18.3 Å². The van der Waals surface area contributed by atoms with Crippen molar-refractivity contribution in [1.82, 2.24) is 4.31 Å². The summed E-state index contributed by atoms with van der Waals surface area (Å²) in [7, 11) is -3.96. The van der Waals surface area contributed by atoms with Gasteiger partial charge in [0, 0.05) is 6.54 Å². The minimum Gasteiger partial charge on any atom is -0.480 e. The van der Waals surface area contributed by atoms with Crippen molar-refractivity contribution in [1.29, 1.82) is 5.26 Å². The van der Waals surface area contributed by atoms with E-state index in [4.69, 9.17) is 10.4 Å². The summed E-state index contributed by atoms with van der Waals surface area (Å²) in [6.07, 6.45) is 1.82. The third kappa shape index (κ3) is 3.15. The SMILES string of the molecule is N#Cc1ccccc1S(=O)(=O)N(CC(=O)O)CC1CC1. The molecule has 1 fully saturated rings. The molecule has 2 rings (SSSR count). The number of hydrogen-bond donors (Lipinski definition) is 1. The fourth-order valence-corrected chi connectivity index (χ4v) is 3.52. The highest BCUT2D eigenvalue weighted by atomic mass is 32.2. The molecular formula is C13H14N2O4S. The fourth-order valence-electron chi connectivity index (χ4n) is 1.91. The Kier molecular flexibility index (Phi) is 4.06. The number of carboxylic acids is 1. The first-order chi connectivity index (χ1) is 9.45. The Balaban J connectivity index is 2.38. The molecule has 0 bridgehead atoms. The smallest absolute Gasteiger partial charge is 0.318 e. The molecule has 20 heavy (non-hydrogen) atoms. The maximum absolute atomic E-state index is 12.5. The van der Waals surface area contributed by atoms with Gasteiger partial charge in [-0.1, -0.05) is 12.1 Å². The number of nitriles is 1. The molecule has 6 nitrogen and oxygen atoms in total. The van der Waals surface area contributed by atoms with Crippen LogP contribution in [-0.4, -0.2) is 36.9 Å². The van der Waals surface area contributed by atoms with E-state index in [0.717, 1.165) is 17.1 Å². The third-order valence-corrected chi connectivity index (χ3v) is 4.97. The predicted molar refractivity (Wildman–Crippen MR) is 70.3 cm³/mol. The van der Waals surface area contributed by atoms with Gasteiger partial charge in [-0.15, -0.1) is 0 Å². The average molecular weight is 294 g/mol. The number of aliphatic carboxylic acids is 1. The molecule has 0 saturated heterocycles. The van der Waals surface area contributed by atoms with Gasteiger partial charge in [-0.25, -0.2) is 8.42 Å². The highest BCUT2D eigenvalue weighted by Gasteiger charge is 2.34. The van der Waals surface area contributed by atoms with Crippen LogP contribution in [0.3, 0.4) is 0 Å². The molecule has 0 atom stereocenters. The van der Waals surface area contributed by atoms with E-state index in [1.165, 1.54) is 18.2 Å². The largest absolute Gasteiger partial charge is 0.480 e. The van der Waals surface area contributed by atoms with Gasteiger partial charge in [-0.2, -0.15) is 9.57 Å². The van der Waals surface area contributed by atoms with Crippen LogP contribution in [0.5, 0.6) is 0 Å². The van der Waals surface area contributed by atoms with Crippen molar-refractivity contribution in [2.75, 3.05) is 13.1 Å². The van der Waals surface area contributed by atoms with Crippen LogP contribution in [0, 0.1) is 17.2 Å². The van der Waals surface area contributed by atoms with Crippen molar-refractivity contribution in [2.45, 2.75) is 17.7 Å². The predicted octanol–water partition coefficient (Wildman–Crippen LogP) is 1.04. The topological polar surface area (TPSA) is 98.5 Å². The van der Waals surface area contributed by atoms with E-state index in [2.05, 4.69) is 0 Å². The molecule has 0 heterocycles. The quantitative estimate of drug-likeness (QED) is 0.845. The summed E-state index contributed by atoms with van der Waals surface area (Å²) in [6, 6.07) is 7.65. The average Bonchev–Trinajstić information content (AvgIpc) is 3.21. The molecule has 0 spiro atoms. The van der Waals surface area contributed by atoms with Crippen LogP contribution < -0.4 is 0 Å². The summed E-state index contributed by atoms with van der Waals surface area (Å²) < 4.78 is 26.0. The zero-order chi connectivity index (χ0) is 14.8. The Bertz CT molecular complexity index is 659. The summed E-state index contributed by atoms with van der Waals surface area (Å²) in [6.45, 7) is -0.396. The maximum atomic E-state index is 12.5. The molecule has 0 radical (unpaired) electrons. The first-order valence-corrected chi connectivity index (χ1v) is 7.60. The molecule has 0 aliphatic heterocycles. The van der Waals surface area contributed by atoms with Crippen LogP contribution in [0.15, 0.2) is 29.2 Å². The summed E-state index contributed by atoms with van der Waals surface area (Å²) in [4.78, 5) is 10.7. The summed E-state index contributed by atoms with van der Waals surface area (Å²) in [5.74, 6) is -0.984. The second-order valence-corrected chi connectivity index (χ2v) is 6.65. The standard InChI is InChI=1S/C13H14N2O4S/c14-7-11-3-1-2-4-12(11)20(18,19)15(9-13(16)17)8-10-5-6-10/h1-4,10H,5-6,8-9H2,(H,16,17). The number of nitrogens with zero attached hydrogens (tertiary/aromatic N) is 2. The molecule has 0 unspecified atom stereocenters. The summed E-state index contributed by atoms with van der Waals surface area (Å²) in [5.41, 5.74) is 0.0266. The summed E-state index contributed by atoms with van der Waals surface area (Å²) in [5, 5.41) is 17.9. The van der Waals surface area contributed by atoms with Crippen molar-refractivity contribution in [3.05, 3.63) is 29.8 Å². The molecule has 106 valence electrons. The highest BCUT2D eigenvalue weighted by molar-refractivity contribution is 7.89. The molecule has 0 amide bonds. The lowest BCUT2D eigenvalue weighted by Crippen LogP contribution is -2.37. The van der Waals surface area contributed by atoms with E-state index in [1.54, 1.807) is 6.07 Å². The lowest BCUT2D eigenvalue weighted by atomic mass is 10.2. The van der Waals surface area contributed by atoms with Gasteiger partial charge >= 0.3 is 5.97 Å². The van der Waals surface area contributed by atoms with Crippen molar-refractivity contribution >= 4 is 16.0 Å². The van der Waals surface area contributed by atoms with Crippen molar-refractivity contribution in [3.63, 3.8) is 0 Å². The number of benzene rings is 1. The number of sulfonamides is 1. The van der Waals surface area contributed by atoms with Crippen molar-refractivity contribution in [2.24, 2.45) is 5.92 Å². The molecule has 7 heteroatoms. The van der Waals surface area contributed by atoms with Crippen LogP contribution in [0.25, 0.3) is 0 Å². The van der Waals surface area contributed by atoms with Gasteiger partial charge in [0.2, 0.25) is 10.0 Å². The van der Waals surface area contributed by atoms with E-state index in [0.29, 0.717) is 0 Å². The van der Waals surface area contributed by atoms with Gasteiger partial charge < -0.3 is 5.11 Å². The van der Waals surface area contributed by atoms with Crippen molar-refractivity contribution in [3.8, 4) is 6.07 Å². The molecule has 1 aromatic carbocycles. The van der Waals surface area contributed by atoms with E-state index in [-0.39, 0.29) is 22.9 Å². The summed E-state index contributed by atoms with van der Waals surface area (Å²) >= 11 is 0. The van der Waals surface area contributed by atoms with E-state index in [9.17, 15) is 13.2 Å². The zero-order valence-corrected chi connectivity index (χ0v) is 11.5. The zero-order valence-electron chi connectivity index (χ0n) is 10.7. The maximum Gasteiger partial charge on any atom is 0.318 e. The van der Waals surface area contributed by atoms with Gasteiger partial charge in [-0.3, -0.25) is 4.79 Å². The van der Waals surface area contributed by atoms with Crippen LogP contribution >= 0.6 is 0 Å². The lowest BCUT2D eigenvalue weighted by molar-refractivity contribution is -0.137. The Labute approximate surface area is 117 Å². The molecule has 1 aliphatic rings. The second-order valence-electron chi connectivity index (χ2n) is 4.74. The molecule has 1 aliphatic carbocycles. The fraction of sp³-hybridized carbons (Fsp3) is 0.385. The second kappa shape index (κ2) is 5.61. The van der Waals surface area contributed by atoms with Crippen LogP contribution in [0.1, 0.15) is 18.4 Å². The Morgan fingerprint density at radius 2 is 2.05 bits per heavy atom. The highest BCUT2D eigenvalue weighted by Crippen LogP contribution is 2.32. The molecule has 1 aromatic rings. The number of rotatable bonds is 6. The van der Waals surface area contributed by atoms with Gasteiger partial charge in [0.15, 0.2) is 0 Å². The Hall–Kier alpha value is -1.91. The third-order valence-electron chi connectivity index (χ3n) is 3.10. The minimum absolute atomic E-state index is 0.0266. The van der Waals surface area contributed by atoms with Gasteiger partial charge in [-0.05, 0) is 30.9 Å². The number of carbonyl (C=O) groups is 1. The van der Waals surface area contributed by atoms with Gasteiger partial charge in [0.05, 0.1) is 10.5 Å². The van der Waals surface area contributed by atoms with Crippen LogP contribution in [-0.2, 0) is 14.8 Å². The van der Waals surface area contributed by atoms with Gasteiger partial charge in [0.25, 0.3) is 0 Å². The minimum atomic E-state index is -3.96.